The minimum atomic E-state index is -0.0911. The predicted molar refractivity (Wildman–Crippen MR) is 115 cm³/mol. The molecule has 0 bridgehead atoms. The molecule has 1 aliphatic rings. The quantitative estimate of drug-likeness (QED) is 0.756. The van der Waals surface area contributed by atoms with Gasteiger partial charge in [0.1, 0.15) is 11.5 Å². The summed E-state index contributed by atoms with van der Waals surface area (Å²) in [6, 6.07) is 11.2. The maximum atomic E-state index is 12.7. The number of carbonyl (C=O) groups is 2. The van der Waals surface area contributed by atoms with E-state index in [-0.39, 0.29) is 23.8 Å². The summed E-state index contributed by atoms with van der Waals surface area (Å²) in [4.78, 5) is 29.0. The molecule has 0 radical (unpaired) electrons. The lowest BCUT2D eigenvalue weighted by Crippen LogP contribution is -2.51. The Balaban J connectivity index is 1.51. The molecule has 7 nitrogen and oxygen atoms in total. The van der Waals surface area contributed by atoms with Crippen LogP contribution < -0.4 is 10.1 Å². The third-order valence-electron chi connectivity index (χ3n) is 5.44. The third kappa shape index (κ3) is 5.42. The highest BCUT2D eigenvalue weighted by molar-refractivity contribution is 5.91. The first-order valence-corrected chi connectivity index (χ1v) is 10.4. The number of rotatable bonds is 7. The summed E-state index contributed by atoms with van der Waals surface area (Å²) < 4.78 is 10.7. The minimum Gasteiger partial charge on any atom is -0.497 e. The molecule has 2 heterocycles. The SMILES string of the molecule is COc1ccc(C(NC(=O)CN2CCN(C(=O)c3ccc(C)o3)CC2)C(C)C)cc1. The van der Waals surface area contributed by atoms with Crippen LogP contribution in [0.5, 0.6) is 5.75 Å². The van der Waals surface area contributed by atoms with Crippen LogP contribution in [0.25, 0.3) is 0 Å². The summed E-state index contributed by atoms with van der Waals surface area (Å²) >= 11 is 0. The number of benzene rings is 1. The fraction of sp³-hybridized carbons (Fsp3) is 0.478. The van der Waals surface area contributed by atoms with Crippen molar-refractivity contribution in [1.29, 1.82) is 0 Å². The number of hydrogen-bond donors (Lipinski definition) is 1. The third-order valence-corrected chi connectivity index (χ3v) is 5.44. The van der Waals surface area contributed by atoms with E-state index < -0.39 is 0 Å². The Morgan fingerprint density at radius 2 is 1.73 bits per heavy atom. The molecule has 0 spiro atoms. The molecule has 1 atom stereocenters. The van der Waals surface area contributed by atoms with Crippen molar-refractivity contribution < 1.29 is 18.7 Å². The summed E-state index contributed by atoms with van der Waals surface area (Å²) in [6.07, 6.45) is 0. The lowest BCUT2D eigenvalue weighted by Gasteiger charge is -2.34. The number of ether oxygens (including phenoxy) is 1. The van der Waals surface area contributed by atoms with Gasteiger partial charge in [0.25, 0.3) is 5.91 Å². The van der Waals surface area contributed by atoms with Gasteiger partial charge in [0, 0.05) is 26.2 Å². The second-order valence-corrected chi connectivity index (χ2v) is 8.04. The Morgan fingerprint density at radius 1 is 1.07 bits per heavy atom. The highest BCUT2D eigenvalue weighted by atomic mass is 16.5. The maximum absolute atomic E-state index is 12.7. The number of hydrogen-bond acceptors (Lipinski definition) is 5. The highest BCUT2D eigenvalue weighted by Gasteiger charge is 2.26. The molecule has 0 aliphatic carbocycles. The largest absolute Gasteiger partial charge is 0.497 e. The number of carbonyl (C=O) groups excluding carboxylic acids is 2. The van der Waals surface area contributed by atoms with E-state index in [1.54, 1.807) is 24.1 Å². The van der Waals surface area contributed by atoms with Gasteiger partial charge in [-0.25, -0.2) is 0 Å². The van der Waals surface area contributed by atoms with E-state index in [0.717, 1.165) is 17.1 Å². The van der Waals surface area contributed by atoms with Crippen molar-refractivity contribution in [2.75, 3.05) is 39.8 Å². The van der Waals surface area contributed by atoms with E-state index in [9.17, 15) is 9.59 Å². The van der Waals surface area contributed by atoms with Crippen molar-refractivity contribution in [2.24, 2.45) is 5.92 Å². The summed E-state index contributed by atoms with van der Waals surface area (Å²) in [5, 5.41) is 3.16. The van der Waals surface area contributed by atoms with Crippen molar-refractivity contribution >= 4 is 11.8 Å². The zero-order chi connectivity index (χ0) is 21.7. The molecule has 7 heteroatoms. The number of methoxy groups -OCH3 is 1. The van der Waals surface area contributed by atoms with E-state index in [2.05, 4.69) is 24.1 Å². The molecule has 2 aromatic rings. The van der Waals surface area contributed by atoms with Gasteiger partial charge in [0.05, 0.1) is 19.7 Å². The molecule has 0 saturated carbocycles. The average Bonchev–Trinajstić information content (AvgIpc) is 3.18. The first kappa shape index (κ1) is 21.9. The number of piperazine rings is 1. The van der Waals surface area contributed by atoms with Gasteiger partial charge in [-0.2, -0.15) is 0 Å². The Morgan fingerprint density at radius 3 is 2.27 bits per heavy atom. The van der Waals surface area contributed by atoms with Crippen LogP contribution in [0.2, 0.25) is 0 Å². The smallest absolute Gasteiger partial charge is 0.289 e. The van der Waals surface area contributed by atoms with Crippen LogP contribution in [0.4, 0.5) is 0 Å². The standard InChI is InChI=1S/C23H31N3O4/c1-16(2)22(18-6-8-19(29-4)9-7-18)24-21(27)15-25-11-13-26(14-12-25)23(28)20-10-5-17(3)30-20/h5-10,16,22H,11-15H2,1-4H3,(H,24,27). The first-order valence-electron chi connectivity index (χ1n) is 10.4. The lowest BCUT2D eigenvalue weighted by molar-refractivity contribution is -0.123. The van der Waals surface area contributed by atoms with E-state index in [0.29, 0.717) is 38.5 Å². The summed E-state index contributed by atoms with van der Waals surface area (Å²) in [5.41, 5.74) is 1.06. The van der Waals surface area contributed by atoms with Crippen molar-refractivity contribution in [3.63, 3.8) is 0 Å². The van der Waals surface area contributed by atoms with E-state index in [1.165, 1.54) is 0 Å². The molecular formula is C23H31N3O4. The molecule has 162 valence electrons. The van der Waals surface area contributed by atoms with Crippen LogP contribution in [0, 0.1) is 12.8 Å². The molecule has 1 aromatic carbocycles. The average molecular weight is 414 g/mol. The van der Waals surface area contributed by atoms with E-state index >= 15 is 0 Å². The van der Waals surface area contributed by atoms with Crippen molar-refractivity contribution in [2.45, 2.75) is 26.8 Å². The number of nitrogens with zero attached hydrogens (tertiary/aromatic N) is 2. The molecule has 1 aromatic heterocycles. The Kier molecular flexibility index (Phi) is 7.15. The Hall–Kier alpha value is -2.80. The van der Waals surface area contributed by atoms with E-state index in [1.807, 2.05) is 31.2 Å². The summed E-state index contributed by atoms with van der Waals surface area (Å²) in [5.74, 6) is 2.05. The Bertz CT molecular complexity index is 852. The van der Waals surface area contributed by atoms with Gasteiger partial charge in [-0.1, -0.05) is 26.0 Å². The second-order valence-electron chi connectivity index (χ2n) is 8.04. The predicted octanol–water partition coefficient (Wildman–Crippen LogP) is 2.87. The second kappa shape index (κ2) is 9.80. The number of aryl methyl sites for hydroxylation is 1. The first-order chi connectivity index (χ1) is 14.4. The molecule has 3 rings (SSSR count). The number of nitrogens with one attached hydrogen (secondary N) is 1. The zero-order valence-electron chi connectivity index (χ0n) is 18.2. The van der Waals surface area contributed by atoms with Crippen molar-refractivity contribution in [1.82, 2.24) is 15.1 Å². The normalized spacial score (nSPS) is 15.8. The number of furan rings is 1. The van der Waals surface area contributed by atoms with Gasteiger partial charge in [-0.15, -0.1) is 0 Å². The monoisotopic (exact) mass is 413 g/mol. The molecule has 30 heavy (non-hydrogen) atoms. The van der Waals surface area contributed by atoms with Crippen molar-refractivity contribution in [3.05, 3.63) is 53.5 Å². The molecule has 1 N–H and O–H groups in total. The van der Waals surface area contributed by atoms with Crippen LogP contribution in [-0.4, -0.2) is 61.4 Å². The minimum absolute atomic E-state index is 0.00838. The molecule has 1 aliphatic heterocycles. The Labute approximate surface area is 178 Å². The number of amides is 2. The van der Waals surface area contributed by atoms with Crippen LogP contribution in [0.3, 0.4) is 0 Å². The van der Waals surface area contributed by atoms with Gasteiger partial charge in [-0.3, -0.25) is 14.5 Å². The van der Waals surface area contributed by atoms with Gasteiger partial charge in [0.15, 0.2) is 5.76 Å². The zero-order valence-corrected chi connectivity index (χ0v) is 18.2. The topological polar surface area (TPSA) is 75.0 Å². The summed E-state index contributed by atoms with van der Waals surface area (Å²) in [7, 11) is 1.64. The van der Waals surface area contributed by atoms with Gasteiger partial charge in [-0.05, 0) is 42.7 Å². The van der Waals surface area contributed by atoms with Crippen LogP contribution >= 0.6 is 0 Å². The highest BCUT2D eigenvalue weighted by Crippen LogP contribution is 2.24. The lowest BCUT2D eigenvalue weighted by atomic mass is 9.96. The molecule has 1 fully saturated rings. The fourth-order valence-electron chi connectivity index (χ4n) is 3.68. The fourth-order valence-corrected chi connectivity index (χ4v) is 3.68. The van der Waals surface area contributed by atoms with Gasteiger partial charge in [0.2, 0.25) is 5.91 Å². The van der Waals surface area contributed by atoms with Gasteiger partial charge < -0.3 is 19.4 Å². The van der Waals surface area contributed by atoms with Crippen LogP contribution in [0.1, 0.15) is 41.8 Å². The maximum Gasteiger partial charge on any atom is 0.289 e. The van der Waals surface area contributed by atoms with E-state index in [4.69, 9.17) is 9.15 Å². The van der Waals surface area contributed by atoms with Crippen LogP contribution in [0.15, 0.2) is 40.8 Å². The molecule has 2 amide bonds. The van der Waals surface area contributed by atoms with Crippen molar-refractivity contribution in [3.8, 4) is 5.75 Å². The molecule has 1 saturated heterocycles. The molecular weight excluding hydrogens is 382 g/mol. The van der Waals surface area contributed by atoms with Gasteiger partial charge >= 0.3 is 0 Å². The van der Waals surface area contributed by atoms with Crippen LogP contribution in [-0.2, 0) is 4.79 Å². The summed E-state index contributed by atoms with van der Waals surface area (Å²) in [6.45, 7) is 8.81. The molecule has 1 unspecified atom stereocenters.